The summed E-state index contributed by atoms with van der Waals surface area (Å²) in [6.45, 7) is 0.635. The molecule has 0 aromatic heterocycles. The molecule has 3 N–H and O–H groups in total. The zero-order valence-corrected chi connectivity index (χ0v) is 7.69. The maximum Gasteiger partial charge on any atom is 0.166 e. The van der Waals surface area contributed by atoms with Crippen LogP contribution in [0.3, 0.4) is 0 Å². The van der Waals surface area contributed by atoms with Gasteiger partial charge in [-0.1, -0.05) is 11.6 Å². The van der Waals surface area contributed by atoms with Gasteiger partial charge in [-0.2, -0.15) is 0 Å². The molecule has 0 spiro atoms. The normalized spacial score (nSPS) is 15.0. The van der Waals surface area contributed by atoms with Gasteiger partial charge < -0.3 is 11.1 Å². The van der Waals surface area contributed by atoms with Crippen LogP contribution < -0.4 is 11.1 Å². The number of carbonyl (C=O) groups is 1. The number of benzene rings is 1. The fraction of sp³-hybridized carbons (Fsp3) is 0.222. The molecular weight excluding hydrogens is 188 g/mol. The van der Waals surface area contributed by atoms with E-state index in [1.165, 1.54) is 0 Å². The van der Waals surface area contributed by atoms with E-state index in [9.17, 15) is 4.79 Å². The van der Waals surface area contributed by atoms with Crippen molar-refractivity contribution in [2.24, 2.45) is 0 Å². The first kappa shape index (κ1) is 8.38. The van der Waals surface area contributed by atoms with Crippen LogP contribution in [-0.4, -0.2) is 12.3 Å². The maximum absolute atomic E-state index is 11.4. The first-order valence-corrected chi connectivity index (χ1v) is 4.43. The van der Waals surface area contributed by atoms with Crippen molar-refractivity contribution in [2.45, 2.75) is 6.42 Å². The fourth-order valence-corrected chi connectivity index (χ4v) is 1.61. The molecule has 68 valence electrons. The van der Waals surface area contributed by atoms with Crippen LogP contribution in [0.4, 0.5) is 11.4 Å². The monoisotopic (exact) mass is 196 g/mol. The molecule has 2 rings (SSSR count). The maximum atomic E-state index is 11.4. The lowest BCUT2D eigenvalue weighted by molar-refractivity contribution is 0.0984. The zero-order chi connectivity index (χ0) is 9.42. The molecular formula is C9H9ClN2O. The predicted molar refractivity (Wildman–Crippen MR) is 53.3 cm³/mol. The van der Waals surface area contributed by atoms with Gasteiger partial charge >= 0.3 is 0 Å². The summed E-state index contributed by atoms with van der Waals surface area (Å²) in [6, 6.07) is 3.36. The van der Waals surface area contributed by atoms with Gasteiger partial charge in [0.15, 0.2) is 5.78 Å². The second-order valence-electron chi connectivity index (χ2n) is 2.98. The number of fused-ring (bicyclic) bond motifs is 1. The molecule has 0 saturated carbocycles. The highest BCUT2D eigenvalue weighted by atomic mass is 35.5. The molecule has 0 radical (unpaired) electrons. The number of anilines is 2. The van der Waals surface area contributed by atoms with Gasteiger partial charge in [0.05, 0.1) is 16.4 Å². The van der Waals surface area contributed by atoms with Crippen molar-refractivity contribution in [1.82, 2.24) is 0 Å². The topological polar surface area (TPSA) is 55.1 Å². The van der Waals surface area contributed by atoms with Gasteiger partial charge in [-0.15, -0.1) is 0 Å². The van der Waals surface area contributed by atoms with Crippen LogP contribution in [-0.2, 0) is 0 Å². The molecule has 0 saturated heterocycles. The van der Waals surface area contributed by atoms with E-state index in [0.717, 1.165) is 0 Å². The van der Waals surface area contributed by atoms with E-state index in [4.69, 9.17) is 17.3 Å². The van der Waals surface area contributed by atoms with Gasteiger partial charge in [0.1, 0.15) is 0 Å². The van der Waals surface area contributed by atoms with Crippen molar-refractivity contribution in [3.63, 3.8) is 0 Å². The van der Waals surface area contributed by atoms with Gasteiger partial charge in [0, 0.05) is 18.5 Å². The summed E-state index contributed by atoms with van der Waals surface area (Å²) >= 11 is 5.82. The summed E-state index contributed by atoms with van der Waals surface area (Å²) in [5.74, 6) is 0.122. The summed E-state index contributed by atoms with van der Waals surface area (Å²) in [7, 11) is 0. The van der Waals surface area contributed by atoms with Gasteiger partial charge in [0.2, 0.25) is 0 Å². The number of nitrogens with two attached hydrogens (primary N) is 1. The molecule has 0 bridgehead atoms. The molecule has 0 unspecified atom stereocenters. The van der Waals surface area contributed by atoms with Crippen molar-refractivity contribution < 1.29 is 4.79 Å². The molecule has 13 heavy (non-hydrogen) atoms. The summed E-state index contributed by atoms with van der Waals surface area (Å²) in [5.41, 5.74) is 7.51. The van der Waals surface area contributed by atoms with E-state index < -0.39 is 0 Å². The fourth-order valence-electron chi connectivity index (χ4n) is 1.45. The van der Waals surface area contributed by atoms with E-state index in [1.54, 1.807) is 12.1 Å². The highest BCUT2D eigenvalue weighted by molar-refractivity contribution is 6.34. The molecule has 0 fully saturated rings. The smallest absolute Gasteiger partial charge is 0.166 e. The van der Waals surface area contributed by atoms with E-state index in [-0.39, 0.29) is 5.78 Å². The average molecular weight is 197 g/mol. The number of hydrogen-bond acceptors (Lipinski definition) is 3. The minimum absolute atomic E-state index is 0.122. The molecule has 1 aliphatic heterocycles. The number of nitrogens with one attached hydrogen (secondary N) is 1. The molecule has 3 nitrogen and oxygen atoms in total. The average Bonchev–Trinajstić information content (AvgIpc) is 2.12. The van der Waals surface area contributed by atoms with Crippen molar-refractivity contribution >= 4 is 28.8 Å². The van der Waals surface area contributed by atoms with Gasteiger partial charge in [-0.05, 0) is 12.1 Å². The summed E-state index contributed by atoms with van der Waals surface area (Å²) in [5, 5.41) is 3.56. The molecule has 1 aromatic carbocycles. The van der Waals surface area contributed by atoms with Crippen molar-refractivity contribution in [3.05, 3.63) is 22.7 Å². The SMILES string of the molecule is Nc1c(Cl)ccc2c1NCCC2=O. The lowest BCUT2D eigenvalue weighted by atomic mass is 10.0. The lowest BCUT2D eigenvalue weighted by Gasteiger charge is -2.19. The number of hydrogen-bond donors (Lipinski definition) is 2. The van der Waals surface area contributed by atoms with Crippen LogP contribution in [0.5, 0.6) is 0 Å². The van der Waals surface area contributed by atoms with Crippen LogP contribution >= 0.6 is 11.6 Å². The molecule has 1 heterocycles. The van der Waals surface area contributed by atoms with E-state index in [0.29, 0.717) is 34.9 Å². The van der Waals surface area contributed by atoms with Gasteiger partial charge in [-0.25, -0.2) is 0 Å². The van der Waals surface area contributed by atoms with Crippen LogP contribution in [0.15, 0.2) is 12.1 Å². The molecule has 0 atom stereocenters. The third kappa shape index (κ3) is 1.25. The Morgan fingerprint density at radius 2 is 2.23 bits per heavy atom. The Morgan fingerprint density at radius 3 is 3.00 bits per heavy atom. The molecule has 1 aromatic rings. The summed E-state index contributed by atoms with van der Waals surface area (Å²) in [6.07, 6.45) is 0.522. The quantitative estimate of drug-likeness (QED) is 0.624. The summed E-state index contributed by atoms with van der Waals surface area (Å²) in [4.78, 5) is 11.4. The predicted octanol–water partition coefficient (Wildman–Crippen LogP) is 1.92. The molecule has 1 aliphatic rings. The zero-order valence-electron chi connectivity index (χ0n) is 6.93. The third-order valence-corrected chi connectivity index (χ3v) is 2.48. The number of ketones is 1. The van der Waals surface area contributed by atoms with Crippen LogP contribution in [0.2, 0.25) is 5.02 Å². The molecule has 0 aliphatic carbocycles. The van der Waals surface area contributed by atoms with Crippen molar-refractivity contribution in [2.75, 3.05) is 17.6 Å². The van der Waals surface area contributed by atoms with Crippen molar-refractivity contribution in [1.29, 1.82) is 0 Å². The largest absolute Gasteiger partial charge is 0.396 e. The second-order valence-corrected chi connectivity index (χ2v) is 3.39. The Balaban J connectivity index is 2.63. The Morgan fingerprint density at radius 1 is 1.46 bits per heavy atom. The first-order chi connectivity index (χ1) is 6.20. The highest BCUT2D eigenvalue weighted by Crippen LogP contribution is 2.33. The standard InChI is InChI=1S/C9H9ClN2O/c10-6-2-1-5-7(13)3-4-12-9(5)8(6)11/h1-2,12H,3-4,11H2. The molecule has 4 heteroatoms. The van der Waals surface area contributed by atoms with E-state index in [1.807, 2.05) is 0 Å². The van der Waals surface area contributed by atoms with Crippen LogP contribution in [0, 0.1) is 0 Å². The van der Waals surface area contributed by atoms with Crippen molar-refractivity contribution in [3.8, 4) is 0 Å². The Hall–Kier alpha value is -1.22. The highest BCUT2D eigenvalue weighted by Gasteiger charge is 2.19. The minimum atomic E-state index is 0.122. The number of carbonyl (C=O) groups excluding carboxylic acids is 1. The van der Waals surface area contributed by atoms with E-state index >= 15 is 0 Å². The summed E-state index contributed by atoms with van der Waals surface area (Å²) < 4.78 is 0. The van der Waals surface area contributed by atoms with Gasteiger partial charge in [-0.3, -0.25) is 4.79 Å². The number of rotatable bonds is 0. The Labute approximate surface area is 80.9 Å². The van der Waals surface area contributed by atoms with Crippen LogP contribution in [0.1, 0.15) is 16.8 Å². The van der Waals surface area contributed by atoms with E-state index in [2.05, 4.69) is 5.32 Å². The first-order valence-electron chi connectivity index (χ1n) is 4.05. The lowest BCUT2D eigenvalue weighted by Crippen LogP contribution is -2.19. The Kier molecular flexibility index (Phi) is 1.88. The number of Topliss-reactive ketones (excluding diaryl/α,β-unsaturated/α-hetero) is 1. The number of nitrogen functional groups attached to an aromatic ring is 1. The van der Waals surface area contributed by atoms with Crippen LogP contribution in [0.25, 0.3) is 0 Å². The second kappa shape index (κ2) is 2.92. The number of halogens is 1. The molecule has 0 amide bonds. The van der Waals surface area contributed by atoms with Gasteiger partial charge in [0.25, 0.3) is 0 Å². The Bertz CT molecular complexity index is 376. The third-order valence-electron chi connectivity index (χ3n) is 2.15. The minimum Gasteiger partial charge on any atom is -0.396 e.